The van der Waals surface area contributed by atoms with E-state index in [1.165, 1.54) is 82.7 Å². The molecule has 0 aromatic heterocycles. The van der Waals surface area contributed by atoms with Gasteiger partial charge >= 0.3 is 0 Å². The maximum atomic E-state index is 3.70. The van der Waals surface area contributed by atoms with Gasteiger partial charge in [0.05, 0.1) is 0 Å². The molecule has 0 amide bonds. The van der Waals surface area contributed by atoms with Crippen LogP contribution in [0.15, 0.2) is 279 Å². The third-order valence-corrected chi connectivity index (χ3v) is 13.4. The van der Waals surface area contributed by atoms with Crippen LogP contribution >= 0.6 is 0 Å². The summed E-state index contributed by atoms with van der Waals surface area (Å²) in [6, 6.07) is 99.7. The molecule has 0 bridgehead atoms. The highest BCUT2D eigenvalue weighted by Gasteiger charge is 2.12. The molecule has 336 valence electrons. The fourth-order valence-corrected chi connectivity index (χ4v) is 9.67. The highest BCUT2D eigenvalue weighted by molar-refractivity contribution is 6.13. The summed E-state index contributed by atoms with van der Waals surface area (Å²) in [5, 5.41) is 16.0. The Hall–Kier alpha value is -9.44. The maximum absolute atomic E-state index is 3.70. The lowest BCUT2D eigenvalue weighted by Crippen LogP contribution is -1.94. The van der Waals surface area contributed by atoms with Gasteiger partial charge in [-0.3, -0.25) is 0 Å². The van der Waals surface area contributed by atoms with E-state index < -0.39 is 0 Å². The maximum Gasteiger partial charge on any atom is 0.0470 e. The summed E-state index contributed by atoms with van der Waals surface area (Å²) in [6.07, 6.45) is 0. The fourth-order valence-electron chi connectivity index (χ4n) is 9.67. The molecular weight excluding hydrogens is 859 g/mol. The summed E-state index contributed by atoms with van der Waals surface area (Å²) in [4.78, 5) is 0. The van der Waals surface area contributed by atoms with Gasteiger partial charge in [-0.1, -0.05) is 206 Å². The van der Waals surface area contributed by atoms with Crippen molar-refractivity contribution in [2.24, 2.45) is 0 Å². The van der Waals surface area contributed by atoms with E-state index in [2.05, 4.69) is 295 Å². The molecule has 71 heavy (non-hydrogen) atoms. The van der Waals surface area contributed by atoms with E-state index in [-0.39, 0.29) is 0 Å². The van der Waals surface area contributed by atoms with Crippen LogP contribution in [-0.4, -0.2) is 0 Å². The normalized spacial score (nSPS) is 11.1. The van der Waals surface area contributed by atoms with Gasteiger partial charge in [0, 0.05) is 45.1 Å². The van der Waals surface area contributed by atoms with Gasteiger partial charge in [0.15, 0.2) is 0 Å². The molecule has 0 aliphatic carbocycles. The van der Waals surface area contributed by atoms with Crippen LogP contribution in [0, 0.1) is 0 Å². The Morgan fingerprint density at radius 1 is 0.183 bits per heavy atom. The second kappa shape index (κ2) is 19.3. The summed E-state index contributed by atoms with van der Waals surface area (Å²) in [7, 11) is 0. The van der Waals surface area contributed by atoms with Crippen LogP contribution in [0.1, 0.15) is 0 Å². The minimum absolute atomic E-state index is 1.04. The Bertz CT molecular complexity index is 3770. The molecule has 3 N–H and O–H groups in total. The molecule has 0 radical (unpaired) electrons. The lowest BCUT2D eigenvalue weighted by Gasteiger charge is -2.15. The lowest BCUT2D eigenvalue weighted by atomic mass is 9.95. The quantitative estimate of drug-likeness (QED) is 0.107. The predicted molar refractivity (Wildman–Crippen MR) is 303 cm³/mol. The van der Waals surface area contributed by atoms with Crippen LogP contribution in [0.3, 0.4) is 0 Å². The van der Waals surface area contributed by atoms with Crippen LogP contribution in [-0.2, 0) is 0 Å². The molecule has 0 fully saturated rings. The first-order valence-corrected chi connectivity index (χ1v) is 24.2. The summed E-state index contributed by atoms with van der Waals surface area (Å²) in [6.45, 7) is 0. The van der Waals surface area contributed by atoms with Gasteiger partial charge in [0.1, 0.15) is 0 Å². The topological polar surface area (TPSA) is 36.1 Å². The Kier molecular flexibility index (Phi) is 11.6. The van der Waals surface area contributed by atoms with Crippen LogP contribution in [0.25, 0.3) is 88.3 Å². The van der Waals surface area contributed by atoms with Crippen molar-refractivity contribution in [1.82, 2.24) is 0 Å². The van der Waals surface area contributed by atoms with Crippen molar-refractivity contribution < 1.29 is 0 Å². The number of benzene rings is 12. The van der Waals surface area contributed by atoms with Crippen molar-refractivity contribution in [2.75, 3.05) is 16.0 Å². The van der Waals surface area contributed by atoms with Gasteiger partial charge in [-0.25, -0.2) is 0 Å². The van der Waals surface area contributed by atoms with E-state index in [9.17, 15) is 0 Å². The Morgan fingerprint density at radius 2 is 0.535 bits per heavy atom. The molecule has 0 heterocycles. The molecule has 0 aliphatic rings. The second-order valence-electron chi connectivity index (χ2n) is 18.0. The minimum atomic E-state index is 1.04. The van der Waals surface area contributed by atoms with E-state index in [0.29, 0.717) is 0 Å². The zero-order valence-corrected chi connectivity index (χ0v) is 39.1. The van der Waals surface area contributed by atoms with Gasteiger partial charge in [0.25, 0.3) is 0 Å². The number of anilines is 6. The number of hydrogen-bond acceptors (Lipinski definition) is 3. The zero-order chi connectivity index (χ0) is 47.3. The lowest BCUT2D eigenvalue weighted by molar-refractivity contribution is 1.51. The average Bonchev–Trinajstić information content (AvgIpc) is 3.44. The number of fused-ring (bicyclic) bond motifs is 3. The SMILES string of the molecule is c1ccc(-c2ccc(Nc3ccc(-c4ccc(-c5ccc(Nc6ccc(-c7cccc(-c8ccc(Nc9cc%10ccccc%10c%10ccccc9%10)cc8)c7)cc6)cc5)cc4)cc3-c3ccccc3)cc2)cc1. The van der Waals surface area contributed by atoms with Crippen molar-refractivity contribution >= 4 is 55.7 Å². The standard InChI is InChI=1S/C68H49N3/c1-3-12-47(13-4-1)49-28-39-61(40-29-49)70-67-43-34-57(45-66(67)54-14-5-2-6-15-54)51-24-22-48(23-25-51)50-26-35-59(36-27-50)69-60-37-30-52(31-38-60)55-17-11-18-56(44-55)53-32-41-62(42-33-53)71-68-46-58-16-7-8-19-63(58)64-20-9-10-21-65(64)68/h1-46,69-71H. The first-order chi connectivity index (χ1) is 35.1. The number of hydrogen-bond donors (Lipinski definition) is 3. The van der Waals surface area contributed by atoms with E-state index in [1.807, 2.05) is 0 Å². The third-order valence-electron chi connectivity index (χ3n) is 13.4. The Labute approximate surface area is 415 Å². The summed E-state index contributed by atoms with van der Waals surface area (Å²) < 4.78 is 0. The largest absolute Gasteiger partial charge is 0.356 e. The first kappa shape index (κ1) is 42.9. The van der Waals surface area contributed by atoms with Crippen molar-refractivity contribution in [2.45, 2.75) is 0 Å². The van der Waals surface area contributed by atoms with Crippen molar-refractivity contribution in [3.05, 3.63) is 279 Å². The summed E-state index contributed by atoms with van der Waals surface area (Å²) in [5.74, 6) is 0. The fraction of sp³-hybridized carbons (Fsp3) is 0. The molecular formula is C68H49N3. The molecule has 12 rings (SSSR count). The number of nitrogens with one attached hydrogen (secondary N) is 3. The molecule has 3 heteroatoms. The van der Waals surface area contributed by atoms with Gasteiger partial charge in [0.2, 0.25) is 0 Å². The minimum Gasteiger partial charge on any atom is -0.356 e. The van der Waals surface area contributed by atoms with Gasteiger partial charge in [-0.2, -0.15) is 0 Å². The van der Waals surface area contributed by atoms with Gasteiger partial charge in [-0.15, -0.1) is 0 Å². The smallest absolute Gasteiger partial charge is 0.0470 e. The highest BCUT2D eigenvalue weighted by Crippen LogP contribution is 2.38. The van der Waals surface area contributed by atoms with Crippen molar-refractivity contribution in [1.29, 1.82) is 0 Å². The van der Waals surface area contributed by atoms with Crippen LogP contribution in [0.5, 0.6) is 0 Å². The third kappa shape index (κ3) is 9.28. The van der Waals surface area contributed by atoms with E-state index >= 15 is 0 Å². The monoisotopic (exact) mass is 907 g/mol. The molecule has 3 nitrogen and oxygen atoms in total. The van der Waals surface area contributed by atoms with Crippen LogP contribution in [0.2, 0.25) is 0 Å². The molecule has 0 saturated heterocycles. The van der Waals surface area contributed by atoms with Gasteiger partial charge in [-0.05, 0) is 150 Å². The van der Waals surface area contributed by atoms with Crippen molar-refractivity contribution in [3.63, 3.8) is 0 Å². The summed E-state index contributed by atoms with van der Waals surface area (Å²) in [5.41, 5.74) is 20.5. The van der Waals surface area contributed by atoms with E-state index in [1.54, 1.807) is 0 Å². The molecule has 0 unspecified atom stereocenters. The zero-order valence-electron chi connectivity index (χ0n) is 39.1. The van der Waals surface area contributed by atoms with E-state index in [4.69, 9.17) is 0 Å². The molecule has 12 aromatic rings. The van der Waals surface area contributed by atoms with Crippen LogP contribution < -0.4 is 16.0 Å². The van der Waals surface area contributed by atoms with Crippen LogP contribution in [0.4, 0.5) is 34.1 Å². The second-order valence-corrected chi connectivity index (χ2v) is 18.0. The Balaban J connectivity index is 0.696. The molecule has 12 aromatic carbocycles. The number of rotatable bonds is 12. The molecule has 0 atom stereocenters. The predicted octanol–water partition coefficient (Wildman–Crippen LogP) is 19.2. The molecule has 0 aliphatic heterocycles. The first-order valence-electron chi connectivity index (χ1n) is 24.2. The highest BCUT2D eigenvalue weighted by atomic mass is 14.9. The molecule has 0 saturated carbocycles. The van der Waals surface area contributed by atoms with E-state index in [0.717, 1.165) is 39.7 Å². The van der Waals surface area contributed by atoms with Crippen molar-refractivity contribution in [3.8, 4) is 66.8 Å². The summed E-state index contributed by atoms with van der Waals surface area (Å²) >= 11 is 0. The molecule has 0 spiro atoms. The average molecular weight is 908 g/mol. The Morgan fingerprint density at radius 3 is 1.07 bits per heavy atom. The van der Waals surface area contributed by atoms with Gasteiger partial charge < -0.3 is 16.0 Å².